The molecule has 0 aliphatic carbocycles. The van der Waals surface area contributed by atoms with Crippen molar-refractivity contribution >= 4 is 44.7 Å². The zero-order valence-electron chi connectivity index (χ0n) is 10.2. The number of ether oxygens (including phenoxy) is 1. The van der Waals surface area contributed by atoms with Crippen LogP contribution in [-0.2, 0) is 4.74 Å². The molecule has 18 heavy (non-hydrogen) atoms. The molecule has 0 aliphatic heterocycles. The van der Waals surface area contributed by atoms with Crippen molar-refractivity contribution in [1.82, 2.24) is 9.55 Å². The normalized spacial score (nSPS) is 11.8. The lowest BCUT2D eigenvalue weighted by atomic mass is 10.2. The van der Waals surface area contributed by atoms with Crippen molar-refractivity contribution in [1.29, 1.82) is 0 Å². The highest BCUT2D eigenvalue weighted by Crippen LogP contribution is 2.27. The quantitative estimate of drug-likeness (QED) is 0.678. The number of pyridine rings is 1. The third-order valence-electron chi connectivity index (χ3n) is 2.16. The maximum Gasteiger partial charge on any atom is 0.420 e. The maximum absolute atomic E-state index is 12.0. The molecule has 2 heterocycles. The van der Waals surface area contributed by atoms with Crippen molar-refractivity contribution in [3.05, 3.63) is 28.0 Å². The summed E-state index contributed by atoms with van der Waals surface area (Å²) in [5, 5.41) is 1.14. The van der Waals surface area contributed by atoms with Gasteiger partial charge >= 0.3 is 6.09 Å². The minimum atomic E-state index is -0.557. The van der Waals surface area contributed by atoms with E-state index in [-0.39, 0.29) is 0 Å². The average molecular weight is 332 g/mol. The number of aromatic nitrogens is 2. The van der Waals surface area contributed by atoms with Gasteiger partial charge in [0.1, 0.15) is 10.8 Å². The molecule has 0 saturated heterocycles. The van der Waals surface area contributed by atoms with Gasteiger partial charge in [-0.05, 0) is 48.8 Å². The van der Waals surface area contributed by atoms with Crippen LogP contribution in [0.2, 0.25) is 5.15 Å². The average Bonchev–Trinajstić information content (AvgIpc) is 2.53. The first kappa shape index (κ1) is 13.4. The van der Waals surface area contributed by atoms with E-state index in [4.69, 9.17) is 16.3 Å². The first-order chi connectivity index (χ1) is 8.28. The SMILES string of the molecule is CC(C)(C)OC(=O)n1cc(Br)c2ccc(Cl)nc21. The first-order valence-corrected chi connectivity index (χ1v) is 6.51. The van der Waals surface area contributed by atoms with Crippen molar-refractivity contribution in [3.8, 4) is 0 Å². The molecule has 2 aromatic rings. The van der Waals surface area contributed by atoms with Gasteiger partial charge in [0.25, 0.3) is 0 Å². The second-order valence-corrected chi connectivity index (χ2v) is 6.07. The van der Waals surface area contributed by atoms with Crippen LogP contribution in [0.15, 0.2) is 22.8 Å². The highest BCUT2D eigenvalue weighted by atomic mass is 79.9. The van der Waals surface area contributed by atoms with Crippen molar-refractivity contribution in [2.24, 2.45) is 0 Å². The Hall–Kier alpha value is -1.07. The Bertz CT molecular complexity index is 616. The third-order valence-corrected chi connectivity index (χ3v) is 3.00. The molecule has 0 aromatic carbocycles. The van der Waals surface area contributed by atoms with Gasteiger partial charge in [0.2, 0.25) is 0 Å². The largest absolute Gasteiger partial charge is 0.443 e. The molecule has 0 N–H and O–H groups in total. The summed E-state index contributed by atoms with van der Waals surface area (Å²) in [7, 11) is 0. The second kappa shape index (κ2) is 4.55. The van der Waals surface area contributed by atoms with Crippen molar-refractivity contribution in [3.63, 3.8) is 0 Å². The lowest BCUT2D eigenvalue weighted by Crippen LogP contribution is -2.26. The van der Waals surface area contributed by atoms with E-state index in [9.17, 15) is 4.79 Å². The summed E-state index contributed by atoms with van der Waals surface area (Å²) < 4.78 is 7.42. The summed E-state index contributed by atoms with van der Waals surface area (Å²) in [5.41, 5.74) is -0.0812. The molecule has 0 fully saturated rings. The molecule has 6 heteroatoms. The van der Waals surface area contributed by atoms with Gasteiger partial charge < -0.3 is 4.74 Å². The molecular weight excluding hydrogens is 320 g/mol. The Morgan fingerprint density at radius 3 is 2.72 bits per heavy atom. The van der Waals surface area contributed by atoms with Crippen LogP contribution in [0.3, 0.4) is 0 Å². The lowest BCUT2D eigenvalue weighted by Gasteiger charge is -2.19. The second-order valence-electron chi connectivity index (χ2n) is 4.83. The van der Waals surface area contributed by atoms with E-state index in [2.05, 4.69) is 20.9 Å². The monoisotopic (exact) mass is 330 g/mol. The molecule has 0 radical (unpaired) electrons. The van der Waals surface area contributed by atoms with Gasteiger partial charge in [0.15, 0.2) is 5.65 Å². The van der Waals surface area contributed by atoms with Crippen LogP contribution < -0.4 is 0 Å². The number of carbonyl (C=O) groups excluding carboxylic acids is 1. The molecule has 4 nitrogen and oxygen atoms in total. The van der Waals surface area contributed by atoms with E-state index < -0.39 is 11.7 Å². The summed E-state index contributed by atoms with van der Waals surface area (Å²) >= 11 is 9.22. The zero-order chi connectivity index (χ0) is 13.5. The molecular formula is C12H12BrClN2O2. The molecule has 0 bridgehead atoms. The number of nitrogens with zero attached hydrogens (tertiary/aromatic N) is 2. The minimum Gasteiger partial charge on any atom is -0.443 e. The predicted octanol–water partition coefficient (Wildman–Crippen LogP) is 4.24. The fourth-order valence-corrected chi connectivity index (χ4v) is 2.15. The van der Waals surface area contributed by atoms with Crippen molar-refractivity contribution in [2.75, 3.05) is 0 Å². The van der Waals surface area contributed by atoms with Gasteiger partial charge in [-0.25, -0.2) is 14.3 Å². The third kappa shape index (κ3) is 2.67. The van der Waals surface area contributed by atoms with E-state index in [1.165, 1.54) is 4.57 Å². The van der Waals surface area contributed by atoms with Gasteiger partial charge in [-0.2, -0.15) is 0 Å². The van der Waals surface area contributed by atoms with Crippen molar-refractivity contribution in [2.45, 2.75) is 26.4 Å². The van der Waals surface area contributed by atoms with E-state index in [1.807, 2.05) is 20.8 Å². The molecule has 0 amide bonds. The Morgan fingerprint density at radius 2 is 2.11 bits per heavy atom. The van der Waals surface area contributed by atoms with Gasteiger partial charge in [-0.3, -0.25) is 0 Å². The highest BCUT2D eigenvalue weighted by molar-refractivity contribution is 9.10. The first-order valence-electron chi connectivity index (χ1n) is 5.34. The van der Waals surface area contributed by atoms with Gasteiger partial charge in [0, 0.05) is 16.1 Å². The molecule has 0 aliphatic rings. The summed E-state index contributed by atoms with van der Waals surface area (Å²) in [6.45, 7) is 5.43. The van der Waals surface area contributed by atoms with Crippen LogP contribution in [-0.4, -0.2) is 21.2 Å². The van der Waals surface area contributed by atoms with Crippen LogP contribution in [0.25, 0.3) is 11.0 Å². The standard InChI is InChI=1S/C12H12BrClN2O2/c1-12(2,3)18-11(17)16-6-8(13)7-4-5-9(14)15-10(7)16/h4-6H,1-3H3. The molecule has 0 unspecified atom stereocenters. The zero-order valence-corrected chi connectivity index (χ0v) is 12.5. The van der Waals surface area contributed by atoms with E-state index in [0.29, 0.717) is 10.8 Å². The van der Waals surface area contributed by atoms with E-state index >= 15 is 0 Å². The van der Waals surface area contributed by atoms with Gasteiger partial charge in [0.05, 0.1) is 0 Å². The number of carbonyl (C=O) groups is 1. The molecule has 2 aromatic heterocycles. The Labute approximate surface area is 118 Å². The van der Waals surface area contributed by atoms with E-state index in [1.54, 1.807) is 18.3 Å². The fraction of sp³-hybridized carbons (Fsp3) is 0.333. The van der Waals surface area contributed by atoms with E-state index in [0.717, 1.165) is 9.86 Å². The van der Waals surface area contributed by atoms with Gasteiger partial charge in [-0.15, -0.1) is 0 Å². The molecule has 2 rings (SSSR count). The predicted molar refractivity (Wildman–Crippen MR) is 74.1 cm³/mol. The summed E-state index contributed by atoms with van der Waals surface area (Å²) in [6, 6.07) is 3.48. The molecule has 0 spiro atoms. The Balaban J connectivity index is 2.51. The van der Waals surface area contributed by atoms with Crippen LogP contribution in [0.5, 0.6) is 0 Å². The summed E-state index contributed by atoms with van der Waals surface area (Å²) in [4.78, 5) is 16.2. The maximum atomic E-state index is 12.0. The highest BCUT2D eigenvalue weighted by Gasteiger charge is 2.21. The van der Waals surface area contributed by atoms with Crippen LogP contribution in [0.1, 0.15) is 20.8 Å². The van der Waals surface area contributed by atoms with Crippen molar-refractivity contribution < 1.29 is 9.53 Å². The molecule has 0 atom stereocenters. The lowest BCUT2D eigenvalue weighted by molar-refractivity contribution is 0.0543. The number of hydrogen-bond acceptors (Lipinski definition) is 3. The number of rotatable bonds is 0. The summed E-state index contributed by atoms with van der Waals surface area (Å²) in [5.74, 6) is 0. The van der Waals surface area contributed by atoms with Crippen LogP contribution in [0.4, 0.5) is 4.79 Å². The van der Waals surface area contributed by atoms with Crippen LogP contribution in [0, 0.1) is 0 Å². The topological polar surface area (TPSA) is 44.1 Å². The molecule has 0 saturated carbocycles. The molecule has 96 valence electrons. The minimum absolute atomic E-state index is 0.331. The Morgan fingerprint density at radius 1 is 1.44 bits per heavy atom. The number of halogens is 2. The van der Waals surface area contributed by atoms with Crippen LogP contribution >= 0.6 is 27.5 Å². The fourth-order valence-electron chi connectivity index (χ4n) is 1.49. The number of hydrogen-bond donors (Lipinski definition) is 0. The smallest absolute Gasteiger partial charge is 0.420 e. The number of fused-ring (bicyclic) bond motifs is 1. The summed E-state index contributed by atoms with van der Waals surface area (Å²) in [6.07, 6.45) is 1.15. The Kier molecular flexibility index (Phi) is 3.38. The van der Waals surface area contributed by atoms with Gasteiger partial charge in [-0.1, -0.05) is 11.6 Å².